The second-order valence-electron chi connectivity index (χ2n) is 12.3. The molecule has 5 nitrogen and oxygen atoms in total. The summed E-state index contributed by atoms with van der Waals surface area (Å²) in [5.41, 5.74) is 11.6. The molecule has 0 spiro atoms. The molecule has 1 aliphatic heterocycles. The smallest absolute Gasteiger partial charge is 0.164 e. The van der Waals surface area contributed by atoms with E-state index in [-0.39, 0.29) is 0 Å². The molecular weight excluding hydrogens is 562 g/mol. The third-order valence-corrected chi connectivity index (χ3v) is 9.27. The standard InChI is InChI=1S/C41H30N5/c1-46(2)37-20-12-10-18-32(37)34-25-33-31-17-9-11-19-35(31)45(36(33)26-38(34)46)30-23-21-29(22-24-30)41-43-39(27-13-5-3-6-14-27)42-40(44-41)28-15-7-4-8-16-28/h3-26H,1-2H3/q+1. The van der Waals surface area contributed by atoms with E-state index in [1.165, 1.54) is 44.3 Å². The molecule has 1 aliphatic rings. The summed E-state index contributed by atoms with van der Waals surface area (Å²) in [6.07, 6.45) is 0. The van der Waals surface area contributed by atoms with E-state index in [0.717, 1.165) is 26.9 Å². The van der Waals surface area contributed by atoms with Gasteiger partial charge in [0, 0.05) is 56.4 Å². The number of hydrogen-bond donors (Lipinski definition) is 0. The Kier molecular flexibility index (Phi) is 5.79. The van der Waals surface area contributed by atoms with Crippen molar-refractivity contribution in [3.8, 4) is 51.0 Å². The second kappa shape index (κ2) is 10.1. The molecule has 0 unspecified atom stereocenters. The van der Waals surface area contributed by atoms with Gasteiger partial charge >= 0.3 is 0 Å². The van der Waals surface area contributed by atoms with Crippen molar-refractivity contribution in [3.05, 3.63) is 146 Å². The van der Waals surface area contributed by atoms with Gasteiger partial charge in [-0.25, -0.2) is 15.0 Å². The van der Waals surface area contributed by atoms with Crippen LogP contribution in [0.3, 0.4) is 0 Å². The van der Waals surface area contributed by atoms with Crippen molar-refractivity contribution < 1.29 is 0 Å². The molecule has 0 fully saturated rings. The van der Waals surface area contributed by atoms with Crippen LogP contribution in [0, 0.1) is 0 Å². The lowest BCUT2D eigenvalue weighted by Gasteiger charge is -2.25. The topological polar surface area (TPSA) is 43.6 Å². The number of aromatic nitrogens is 4. The van der Waals surface area contributed by atoms with Gasteiger partial charge in [-0.05, 0) is 42.5 Å². The molecule has 0 N–H and O–H groups in total. The third-order valence-electron chi connectivity index (χ3n) is 9.27. The van der Waals surface area contributed by atoms with E-state index in [9.17, 15) is 0 Å². The van der Waals surface area contributed by atoms with Crippen molar-refractivity contribution in [2.24, 2.45) is 0 Å². The maximum atomic E-state index is 4.94. The summed E-state index contributed by atoms with van der Waals surface area (Å²) in [5.74, 6) is 1.97. The molecule has 0 radical (unpaired) electrons. The van der Waals surface area contributed by atoms with Crippen LogP contribution in [0.4, 0.5) is 11.4 Å². The van der Waals surface area contributed by atoms with Crippen LogP contribution in [0.1, 0.15) is 0 Å². The fourth-order valence-corrected chi connectivity index (χ4v) is 6.98. The van der Waals surface area contributed by atoms with Gasteiger partial charge in [-0.15, -0.1) is 0 Å². The highest BCUT2D eigenvalue weighted by Crippen LogP contribution is 2.52. The van der Waals surface area contributed by atoms with Crippen molar-refractivity contribution in [1.82, 2.24) is 24.0 Å². The fourth-order valence-electron chi connectivity index (χ4n) is 6.98. The van der Waals surface area contributed by atoms with Gasteiger partial charge < -0.3 is 4.57 Å². The zero-order valence-corrected chi connectivity index (χ0v) is 25.6. The molecule has 0 saturated heterocycles. The number of fused-ring (bicyclic) bond motifs is 6. The number of quaternary nitrogens is 1. The lowest BCUT2D eigenvalue weighted by molar-refractivity contribution is 0.569. The highest BCUT2D eigenvalue weighted by Gasteiger charge is 2.37. The van der Waals surface area contributed by atoms with E-state index in [4.69, 9.17) is 15.0 Å². The summed E-state index contributed by atoms with van der Waals surface area (Å²) in [6.45, 7) is 0. The van der Waals surface area contributed by atoms with Crippen molar-refractivity contribution in [1.29, 1.82) is 0 Å². The summed E-state index contributed by atoms with van der Waals surface area (Å²) in [7, 11) is 4.56. The number of para-hydroxylation sites is 2. The quantitative estimate of drug-likeness (QED) is 0.191. The fraction of sp³-hybridized carbons (Fsp3) is 0.0488. The van der Waals surface area contributed by atoms with Crippen LogP contribution in [0.15, 0.2) is 146 Å². The van der Waals surface area contributed by atoms with Gasteiger partial charge in [0.2, 0.25) is 0 Å². The molecule has 2 aromatic heterocycles. The van der Waals surface area contributed by atoms with E-state index in [0.29, 0.717) is 17.5 Å². The average molecular weight is 593 g/mol. The van der Waals surface area contributed by atoms with Gasteiger partial charge in [-0.2, -0.15) is 0 Å². The molecule has 46 heavy (non-hydrogen) atoms. The minimum Gasteiger partial charge on any atom is -0.309 e. The van der Waals surface area contributed by atoms with Crippen LogP contribution in [-0.2, 0) is 0 Å². The van der Waals surface area contributed by atoms with Crippen LogP contribution in [0.5, 0.6) is 0 Å². The summed E-state index contributed by atoms with van der Waals surface area (Å²) >= 11 is 0. The van der Waals surface area contributed by atoms with E-state index < -0.39 is 0 Å². The molecular formula is C41H30N5+. The Labute approximate surface area is 267 Å². The first-order valence-electron chi connectivity index (χ1n) is 15.6. The van der Waals surface area contributed by atoms with Gasteiger partial charge in [-0.1, -0.05) is 91.0 Å². The highest BCUT2D eigenvalue weighted by molar-refractivity contribution is 6.13. The minimum absolute atomic E-state index is 0.649. The monoisotopic (exact) mass is 592 g/mol. The van der Waals surface area contributed by atoms with E-state index >= 15 is 0 Å². The summed E-state index contributed by atoms with van der Waals surface area (Å²) < 4.78 is 3.10. The number of benzene rings is 6. The van der Waals surface area contributed by atoms with Crippen molar-refractivity contribution in [3.63, 3.8) is 0 Å². The first-order chi connectivity index (χ1) is 22.6. The second-order valence-corrected chi connectivity index (χ2v) is 12.3. The molecule has 5 heteroatoms. The molecule has 218 valence electrons. The first-order valence-corrected chi connectivity index (χ1v) is 15.6. The van der Waals surface area contributed by atoms with Crippen molar-refractivity contribution in [2.45, 2.75) is 0 Å². The van der Waals surface area contributed by atoms with Gasteiger partial charge in [-0.3, -0.25) is 4.48 Å². The van der Waals surface area contributed by atoms with Crippen LogP contribution in [-0.4, -0.2) is 33.6 Å². The molecule has 8 aromatic rings. The Morgan fingerprint density at radius 2 is 0.978 bits per heavy atom. The van der Waals surface area contributed by atoms with Gasteiger partial charge in [0.05, 0.1) is 25.1 Å². The Balaban J connectivity index is 1.20. The molecule has 9 rings (SSSR count). The first kappa shape index (κ1) is 26.5. The Hall–Kier alpha value is -5.91. The van der Waals surface area contributed by atoms with Gasteiger partial charge in [0.15, 0.2) is 17.5 Å². The Morgan fingerprint density at radius 3 is 1.63 bits per heavy atom. The average Bonchev–Trinajstić information content (AvgIpc) is 3.56. The summed E-state index contributed by atoms with van der Waals surface area (Å²) in [6, 6.07) is 51.1. The molecule has 0 amide bonds. The molecule has 0 bridgehead atoms. The largest absolute Gasteiger partial charge is 0.309 e. The normalized spacial score (nSPS) is 13.2. The third kappa shape index (κ3) is 4.03. The summed E-state index contributed by atoms with van der Waals surface area (Å²) in [4.78, 5) is 14.7. The SMILES string of the molecule is C[N+]1(C)c2ccccc2-c2cc3c4ccccc4n(-c4ccc(-c5nc(-c6ccccc6)nc(-c6ccccc6)n5)cc4)c3cc21. The zero-order valence-electron chi connectivity index (χ0n) is 25.6. The molecule has 6 aromatic carbocycles. The highest BCUT2D eigenvalue weighted by atomic mass is 15.3. The van der Waals surface area contributed by atoms with E-state index in [1.54, 1.807) is 0 Å². The molecule has 0 aliphatic carbocycles. The van der Waals surface area contributed by atoms with Crippen LogP contribution in [0.25, 0.3) is 72.8 Å². The number of rotatable bonds is 4. The lowest BCUT2D eigenvalue weighted by atomic mass is 10.0. The van der Waals surface area contributed by atoms with Gasteiger partial charge in [0.25, 0.3) is 0 Å². The van der Waals surface area contributed by atoms with Crippen LogP contribution in [0.2, 0.25) is 0 Å². The minimum atomic E-state index is 0.649. The van der Waals surface area contributed by atoms with Crippen LogP contribution >= 0.6 is 0 Å². The summed E-state index contributed by atoms with van der Waals surface area (Å²) in [5, 5.41) is 2.50. The van der Waals surface area contributed by atoms with Crippen molar-refractivity contribution in [2.75, 3.05) is 14.1 Å². The molecule has 0 saturated carbocycles. The van der Waals surface area contributed by atoms with Gasteiger partial charge in [0.1, 0.15) is 11.4 Å². The van der Waals surface area contributed by atoms with E-state index in [2.05, 4.69) is 104 Å². The predicted octanol–water partition coefficient (Wildman–Crippen LogP) is 9.85. The Morgan fingerprint density at radius 1 is 0.435 bits per heavy atom. The zero-order chi connectivity index (χ0) is 30.8. The predicted molar refractivity (Wildman–Crippen MR) is 189 cm³/mol. The maximum absolute atomic E-state index is 4.94. The van der Waals surface area contributed by atoms with E-state index in [1.807, 2.05) is 60.7 Å². The molecule has 3 heterocycles. The lowest BCUT2D eigenvalue weighted by Crippen LogP contribution is -2.31. The Bertz CT molecular complexity index is 2370. The number of hydrogen-bond acceptors (Lipinski definition) is 3. The van der Waals surface area contributed by atoms with Crippen LogP contribution < -0.4 is 4.48 Å². The van der Waals surface area contributed by atoms with Crippen molar-refractivity contribution >= 4 is 33.2 Å². The molecule has 0 atom stereocenters. The maximum Gasteiger partial charge on any atom is 0.164 e. The number of nitrogens with zero attached hydrogens (tertiary/aromatic N) is 5.